The van der Waals surface area contributed by atoms with Gasteiger partial charge in [0, 0.05) is 5.75 Å². The van der Waals surface area contributed by atoms with E-state index in [-0.39, 0.29) is 23.7 Å². The molecular formula is C14H14N8O5S3. The van der Waals surface area contributed by atoms with E-state index in [9.17, 15) is 23.7 Å². The number of hydrogen-bond donors (Lipinski definition) is 2. The Balaban J connectivity index is 1.48. The van der Waals surface area contributed by atoms with E-state index < -0.39 is 40.0 Å². The Bertz CT molecular complexity index is 1070. The number of carboxylic acids is 1. The Labute approximate surface area is 179 Å². The lowest BCUT2D eigenvalue weighted by atomic mass is 10.0. The highest BCUT2D eigenvalue weighted by molar-refractivity contribution is 8.00. The maximum atomic E-state index is 12.6. The van der Waals surface area contributed by atoms with E-state index in [0.29, 0.717) is 14.9 Å². The van der Waals surface area contributed by atoms with Crippen LogP contribution in [0.4, 0.5) is 0 Å². The zero-order valence-corrected chi connectivity index (χ0v) is 17.7. The standard InChI is InChI=1S/C14H14N8O5S3/c1-6-17-18-14(29-6)30(27)4-7-3-28-12-9(11(24)22(12)10(7)13(25)26)16-8(23)2-21-5-15-19-20-21/h5,9,12H,2-4H2,1H3,(H,16,23)(H,25,26)/t9-,12-,30?/m1/s1. The van der Waals surface area contributed by atoms with Gasteiger partial charge in [-0.25, -0.2) is 9.48 Å². The van der Waals surface area contributed by atoms with Crippen molar-refractivity contribution >= 4 is 51.7 Å². The van der Waals surface area contributed by atoms with Gasteiger partial charge in [0.1, 0.15) is 35.0 Å². The Kier molecular flexibility index (Phi) is 5.61. The second-order valence-corrected chi connectivity index (χ2v) is 10.2. The Morgan fingerprint density at radius 3 is 2.83 bits per heavy atom. The molecule has 2 aromatic heterocycles. The molecule has 0 saturated carbocycles. The van der Waals surface area contributed by atoms with Gasteiger partial charge in [-0.3, -0.25) is 18.7 Å². The van der Waals surface area contributed by atoms with Gasteiger partial charge in [-0.2, -0.15) is 0 Å². The summed E-state index contributed by atoms with van der Waals surface area (Å²) in [5, 5.41) is 30.4. The van der Waals surface area contributed by atoms with Crippen LogP contribution in [0.2, 0.25) is 0 Å². The van der Waals surface area contributed by atoms with E-state index in [1.807, 2.05) is 0 Å². The molecule has 1 unspecified atom stereocenters. The van der Waals surface area contributed by atoms with Gasteiger partial charge in [-0.05, 0) is 22.9 Å². The molecule has 16 heteroatoms. The van der Waals surface area contributed by atoms with E-state index in [1.54, 1.807) is 6.92 Å². The van der Waals surface area contributed by atoms with Gasteiger partial charge >= 0.3 is 5.97 Å². The average molecular weight is 471 g/mol. The monoisotopic (exact) mass is 470 g/mol. The number of aliphatic carboxylic acids is 1. The Hall–Kier alpha value is -2.72. The molecule has 2 amide bonds. The SMILES string of the molecule is Cc1nnc(S(=O)CC2=C(C(=O)O)N3C(=O)[C@@H](NC(=O)Cn4cnnn4)[C@H]3SC2)s1. The second kappa shape index (κ2) is 8.19. The third kappa shape index (κ3) is 3.84. The first-order valence-corrected chi connectivity index (χ1v) is 11.6. The van der Waals surface area contributed by atoms with Crippen LogP contribution in [0.25, 0.3) is 0 Å². The summed E-state index contributed by atoms with van der Waals surface area (Å²) in [6, 6.07) is -0.855. The summed E-state index contributed by atoms with van der Waals surface area (Å²) in [4.78, 5) is 37.7. The molecule has 3 atom stereocenters. The van der Waals surface area contributed by atoms with E-state index in [2.05, 4.69) is 31.0 Å². The Morgan fingerprint density at radius 1 is 1.40 bits per heavy atom. The molecule has 1 saturated heterocycles. The van der Waals surface area contributed by atoms with Gasteiger partial charge in [0.25, 0.3) is 5.91 Å². The number of hydrogen-bond acceptors (Lipinski definition) is 11. The third-order valence-corrected chi connectivity index (χ3v) is 8.13. The van der Waals surface area contributed by atoms with Crippen molar-refractivity contribution < 1.29 is 23.7 Å². The van der Waals surface area contributed by atoms with Gasteiger partial charge in [-0.1, -0.05) is 11.3 Å². The molecule has 0 bridgehead atoms. The van der Waals surface area contributed by atoms with Gasteiger partial charge in [0.05, 0.1) is 16.6 Å². The third-order valence-electron chi connectivity index (χ3n) is 4.27. The molecule has 2 aliphatic rings. The molecule has 0 radical (unpaired) electrons. The maximum Gasteiger partial charge on any atom is 0.352 e. The van der Waals surface area contributed by atoms with Crippen LogP contribution in [0.5, 0.6) is 0 Å². The number of β-lactam (4-membered cyclic amide) rings is 1. The predicted molar refractivity (Wildman–Crippen MR) is 103 cm³/mol. The van der Waals surface area contributed by atoms with Crippen LogP contribution in [0, 0.1) is 6.92 Å². The number of nitrogens with zero attached hydrogens (tertiary/aromatic N) is 7. The number of thioether (sulfide) groups is 1. The van der Waals surface area contributed by atoms with Gasteiger partial charge < -0.3 is 10.4 Å². The topological polar surface area (TPSA) is 173 Å². The second-order valence-electron chi connectivity index (χ2n) is 6.30. The first-order valence-electron chi connectivity index (χ1n) is 8.43. The van der Waals surface area contributed by atoms with E-state index in [1.165, 1.54) is 34.1 Å². The highest BCUT2D eigenvalue weighted by atomic mass is 32.2. The van der Waals surface area contributed by atoms with E-state index in [4.69, 9.17) is 0 Å². The minimum absolute atomic E-state index is 0.0594. The minimum atomic E-state index is -1.57. The van der Waals surface area contributed by atoms with Gasteiger partial charge in [-0.15, -0.1) is 27.1 Å². The number of tetrazole rings is 1. The van der Waals surface area contributed by atoms with Crippen molar-refractivity contribution in [2.24, 2.45) is 0 Å². The maximum absolute atomic E-state index is 12.6. The molecule has 1 fully saturated rings. The molecule has 0 spiro atoms. The first-order chi connectivity index (χ1) is 14.3. The van der Waals surface area contributed by atoms with Crippen molar-refractivity contribution in [3.63, 3.8) is 0 Å². The fraction of sp³-hybridized carbons (Fsp3) is 0.429. The molecule has 4 rings (SSSR count). The number of carbonyl (C=O) groups excluding carboxylic acids is 2. The fourth-order valence-corrected chi connectivity index (χ4v) is 6.62. The van der Waals surface area contributed by atoms with Crippen LogP contribution in [0.1, 0.15) is 5.01 Å². The highest BCUT2D eigenvalue weighted by Gasteiger charge is 2.54. The van der Waals surface area contributed by atoms with Gasteiger partial charge in [0.2, 0.25) is 10.2 Å². The zero-order chi connectivity index (χ0) is 21.4. The summed E-state index contributed by atoms with van der Waals surface area (Å²) in [6.45, 7) is 1.56. The number of aryl methyl sites for hydroxylation is 1. The van der Waals surface area contributed by atoms with Crippen LogP contribution in [0.3, 0.4) is 0 Å². The molecule has 13 nitrogen and oxygen atoms in total. The van der Waals surface area contributed by atoms with Crippen molar-refractivity contribution in [2.75, 3.05) is 11.5 Å². The summed E-state index contributed by atoms with van der Waals surface area (Å²) in [5.41, 5.74) is 0.186. The quantitative estimate of drug-likeness (QED) is 0.445. The number of nitrogens with one attached hydrogen (secondary N) is 1. The number of carbonyl (C=O) groups is 3. The molecule has 0 aliphatic carbocycles. The summed E-state index contributed by atoms with van der Waals surface area (Å²) in [7, 11) is -1.57. The normalized spacial score (nSPS) is 21.8. The molecule has 2 aliphatic heterocycles. The van der Waals surface area contributed by atoms with Gasteiger partial charge in [0.15, 0.2) is 0 Å². The number of amides is 2. The van der Waals surface area contributed by atoms with E-state index >= 15 is 0 Å². The van der Waals surface area contributed by atoms with Crippen molar-refractivity contribution in [1.29, 1.82) is 0 Å². The number of fused-ring (bicyclic) bond motifs is 1. The van der Waals surface area contributed by atoms with Crippen molar-refractivity contribution in [1.82, 2.24) is 40.6 Å². The molecule has 158 valence electrons. The van der Waals surface area contributed by atoms with Crippen LogP contribution < -0.4 is 5.32 Å². The lowest BCUT2D eigenvalue weighted by Crippen LogP contribution is -2.70. The smallest absolute Gasteiger partial charge is 0.352 e. The van der Waals surface area contributed by atoms with Crippen molar-refractivity contribution in [3.8, 4) is 0 Å². The number of carboxylic acid groups (broad SMARTS) is 1. The largest absolute Gasteiger partial charge is 0.477 e. The summed E-state index contributed by atoms with van der Waals surface area (Å²) in [5.74, 6) is -2.09. The minimum Gasteiger partial charge on any atom is -0.477 e. The summed E-state index contributed by atoms with van der Waals surface area (Å²) < 4.78 is 14.1. The molecule has 0 aromatic carbocycles. The molecule has 30 heavy (non-hydrogen) atoms. The summed E-state index contributed by atoms with van der Waals surface area (Å²) in [6.07, 6.45) is 1.26. The van der Waals surface area contributed by atoms with Crippen LogP contribution >= 0.6 is 23.1 Å². The zero-order valence-electron chi connectivity index (χ0n) is 15.3. The average Bonchev–Trinajstić information content (AvgIpc) is 3.37. The van der Waals surface area contributed by atoms with Crippen molar-refractivity contribution in [2.45, 2.75) is 29.2 Å². The molecular weight excluding hydrogens is 456 g/mol. The highest BCUT2D eigenvalue weighted by Crippen LogP contribution is 2.40. The van der Waals surface area contributed by atoms with Crippen LogP contribution in [0.15, 0.2) is 21.9 Å². The van der Waals surface area contributed by atoms with Crippen LogP contribution in [-0.4, -0.2) is 85.3 Å². The molecule has 2 N–H and O–H groups in total. The first kappa shape index (κ1) is 20.5. The summed E-state index contributed by atoms with van der Waals surface area (Å²) >= 11 is 2.48. The number of rotatable bonds is 7. The lowest BCUT2D eigenvalue weighted by molar-refractivity contribution is -0.150. The fourth-order valence-electron chi connectivity index (χ4n) is 3.00. The Morgan fingerprint density at radius 2 is 2.20 bits per heavy atom. The predicted octanol–water partition coefficient (Wildman–Crippen LogP) is -1.62. The molecule has 2 aromatic rings. The van der Waals surface area contributed by atoms with Crippen molar-refractivity contribution in [3.05, 3.63) is 22.6 Å². The lowest BCUT2D eigenvalue weighted by Gasteiger charge is -2.49. The van der Waals surface area contributed by atoms with Crippen LogP contribution in [-0.2, 0) is 31.7 Å². The number of aromatic nitrogens is 6. The molecule has 4 heterocycles. The van der Waals surface area contributed by atoms with E-state index in [0.717, 1.165) is 4.90 Å².